The lowest BCUT2D eigenvalue weighted by Gasteiger charge is -2.34. The Hall–Kier alpha value is -4.16. The van der Waals surface area contributed by atoms with E-state index in [0.717, 1.165) is 49.4 Å². The number of hydrogen-bond donors (Lipinski definition) is 2. The van der Waals surface area contributed by atoms with Gasteiger partial charge in [0.2, 0.25) is 0 Å². The van der Waals surface area contributed by atoms with Crippen molar-refractivity contribution in [2.24, 2.45) is 0 Å². The summed E-state index contributed by atoms with van der Waals surface area (Å²) >= 11 is 0. The van der Waals surface area contributed by atoms with Crippen LogP contribution in [0, 0.1) is 11.8 Å². The van der Waals surface area contributed by atoms with E-state index in [4.69, 9.17) is 4.74 Å². The quantitative estimate of drug-likeness (QED) is 0.294. The lowest BCUT2D eigenvalue weighted by Crippen LogP contribution is -2.39. The first kappa shape index (κ1) is 27.4. The first-order valence-corrected chi connectivity index (χ1v) is 15.4. The monoisotopic (exact) mass is 557 g/mol. The summed E-state index contributed by atoms with van der Waals surface area (Å²) in [6.45, 7) is 5.36. The molecule has 3 heterocycles. The summed E-state index contributed by atoms with van der Waals surface area (Å²) in [6, 6.07) is 17.9. The summed E-state index contributed by atoms with van der Waals surface area (Å²) in [5, 5.41) is 8.23. The van der Waals surface area contributed by atoms with E-state index in [9.17, 15) is 8.42 Å². The minimum absolute atomic E-state index is 0.220. The van der Waals surface area contributed by atoms with Gasteiger partial charge in [-0.1, -0.05) is 12.0 Å². The van der Waals surface area contributed by atoms with Crippen LogP contribution in [0.15, 0.2) is 71.9 Å². The number of benzene rings is 2. The third kappa shape index (κ3) is 6.02. The zero-order chi connectivity index (χ0) is 28.1. The Labute approximate surface area is 236 Å². The molecule has 0 amide bonds. The Morgan fingerprint density at radius 1 is 1.05 bits per heavy atom. The average Bonchev–Trinajstić information content (AvgIpc) is 3.34. The zero-order valence-electron chi connectivity index (χ0n) is 23.1. The molecule has 8 nitrogen and oxygen atoms in total. The van der Waals surface area contributed by atoms with Crippen LogP contribution in [-0.2, 0) is 16.4 Å². The molecule has 4 aromatic rings. The third-order valence-corrected chi connectivity index (χ3v) is 8.44. The van der Waals surface area contributed by atoms with Crippen molar-refractivity contribution in [3.05, 3.63) is 72.7 Å². The van der Waals surface area contributed by atoms with Crippen molar-refractivity contribution in [1.29, 1.82) is 0 Å². The number of piperidine rings is 1. The van der Waals surface area contributed by atoms with Crippen molar-refractivity contribution in [3.63, 3.8) is 0 Å². The molecule has 5 rings (SSSR count). The average molecular weight is 558 g/mol. The van der Waals surface area contributed by atoms with Crippen molar-refractivity contribution in [3.8, 4) is 17.6 Å². The van der Waals surface area contributed by atoms with Gasteiger partial charge in [0, 0.05) is 67.2 Å². The molecule has 0 spiro atoms. The van der Waals surface area contributed by atoms with E-state index in [1.165, 1.54) is 30.5 Å². The second kappa shape index (κ2) is 11.9. The second-order valence-electron chi connectivity index (χ2n) is 9.91. The number of hydrogen-bond acceptors (Lipinski definition) is 7. The van der Waals surface area contributed by atoms with Gasteiger partial charge in [-0.3, -0.25) is 4.98 Å². The van der Waals surface area contributed by atoms with Crippen molar-refractivity contribution < 1.29 is 13.2 Å². The van der Waals surface area contributed by atoms with Gasteiger partial charge >= 0.3 is 0 Å². The first-order chi connectivity index (χ1) is 19.4. The molecule has 0 bridgehead atoms. The van der Waals surface area contributed by atoms with E-state index in [1.54, 1.807) is 12.1 Å². The Morgan fingerprint density at radius 3 is 2.52 bits per heavy atom. The number of sulfone groups is 1. The van der Waals surface area contributed by atoms with Crippen molar-refractivity contribution in [1.82, 2.24) is 9.55 Å². The largest absolute Gasteiger partial charge is 0.495 e. The molecule has 2 aromatic heterocycles. The van der Waals surface area contributed by atoms with E-state index >= 15 is 0 Å². The SMILES string of the molecule is CCn1c(C#CCNc2ccc(S(C)(=O)=O)cc2OC)cc2c(NC3CCN(c4ccncc4)CC3)cccc21. The zero-order valence-corrected chi connectivity index (χ0v) is 24.0. The normalized spacial score (nSPS) is 14.0. The van der Waals surface area contributed by atoms with Crippen molar-refractivity contribution in [2.45, 2.75) is 37.2 Å². The summed E-state index contributed by atoms with van der Waals surface area (Å²) in [5.74, 6) is 7.01. The van der Waals surface area contributed by atoms with Gasteiger partial charge in [0.15, 0.2) is 9.84 Å². The summed E-state index contributed by atoms with van der Waals surface area (Å²) in [4.78, 5) is 6.77. The molecule has 1 aliphatic rings. The topological polar surface area (TPSA) is 88.5 Å². The number of methoxy groups -OCH3 is 1. The minimum Gasteiger partial charge on any atom is -0.495 e. The maximum absolute atomic E-state index is 11.9. The van der Waals surface area contributed by atoms with Crippen molar-refractivity contribution >= 4 is 37.8 Å². The standard InChI is InChI=1S/C31H35N5O3S/c1-4-36-25(7-6-16-33-29-11-10-26(40(3,37)38)22-31(29)39-2)21-27-28(8-5-9-30(27)36)34-23-14-19-35(20-15-23)24-12-17-32-18-13-24/h5,8-13,17-18,21-23,33-34H,4,14-16,19-20H2,1-3H3. The molecule has 9 heteroatoms. The lowest BCUT2D eigenvalue weighted by molar-refractivity contribution is 0.415. The highest BCUT2D eigenvalue weighted by molar-refractivity contribution is 7.90. The van der Waals surface area contributed by atoms with Gasteiger partial charge in [-0.2, -0.15) is 0 Å². The maximum atomic E-state index is 11.9. The van der Waals surface area contributed by atoms with E-state index < -0.39 is 9.84 Å². The summed E-state index contributed by atoms with van der Waals surface area (Å²) in [5.41, 5.74) is 5.20. The molecule has 0 unspecified atom stereocenters. The van der Waals surface area contributed by atoms with Crippen LogP contribution in [0.3, 0.4) is 0 Å². The smallest absolute Gasteiger partial charge is 0.175 e. The van der Waals surface area contributed by atoms with E-state index in [2.05, 4.69) is 80.2 Å². The van der Waals surface area contributed by atoms with E-state index in [-0.39, 0.29) is 4.90 Å². The molecule has 1 saturated heterocycles. The Balaban J connectivity index is 1.28. The first-order valence-electron chi connectivity index (χ1n) is 13.5. The van der Waals surface area contributed by atoms with Gasteiger partial charge in [-0.25, -0.2) is 8.42 Å². The molecule has 2 N–H and O–H groups in total. The predicted octanol–water partition coefficient (Wildman–Crippen LogP) is 5.01. The van der Waals surface area contributed by atoms with Gasteiger partial charge < -0.3 is 24.8 Å². The van der Waals surface area contributed by atoms with Crippen LogP contribution in [-0.4, -0.2) is 57.0 Å². The molecule has 0 saturated carbocycles. The Morgan fingerprint density at radius 2 is 1.82 bits per heavy atom. The predicted molar refractivity (Wildman–Crippen MR) is 162 cm³/mol. The fraction of sp³-hybridized carbons (Fsp3) is 0.323. The van der Waals surface area contributed by atoms with Crippen LogP contribution in [0.2, 0.25) is 0 Å². The van der Waals surface area contributed by atoms with Crippen LogP contribution < -0.4 is 20.3 Å². The van der Waals surface area contributed by atoms with Crippen LogP contribution in [0.1, 0.15) is 25.5 Å². The number of anilines is 3. The molecule has 40 heavy (non-hydrogen) atoms. The number of aromatic nitrogens is 2. The van der Waals surface area contributed by atoms with E-state index in [1.807, 2.05) is 12.4 Å². The number of nitrogens with one attached hydrogen (secondary N) is 2. The van der Waals surface area contributed by atoms with Gasteiger partial charge in [0.05, 0.1) is 35.4 Å². The van der Waals surface area contributed by atoms with Gasteiger partial charge in [0.25, 0.3) is 0 Å². The molecule has 2 aromatic carbocycles. The summed E-state index contributed by atoms with van der Waals surface area (Å²) < 4.78 is 31.3. The van der Waals surface area contributed by atoms with Gasteiger partial charge in [-0.05, 0) is 68.2 Å². The van der Waals surface area contributed by atoms with Crippen molar-refractivity contribution in [2.75, 3.05) is 48.5 Å². The molecule has 0 radical (unpaired) electrons. The third-order valence-electron chi connectivity index (χ3n) is 7.33. The molecule has 1 aliphatic heterocycles. The fourth-order valence-corrected chi connectivity index (χ4v) is 5.87. The summed E-state index contributed by atoms with van der Waals surface area (Å²) in [7, 11) is -1.79. The number of fused-ring (bicyclic) bond motifs is 1. The fourth-order valence-electron chi connectivity index (χ4n) is 5.23. The molecule has 208 valence electrons. The maximum Gasteiger partial charge on any atom is 0.175 e. The number of pyridine rings is 1. The highest BCUT2D eigenvalue weighted by Crippen LogP contribution is 2.30. The van der Waals surface area contributed by atoms with Gasteiger partial charge in [0.1, 0.15) is 5.75 Å². The molecular formula is C31H35N5O3S. The molecular weight excluding hydrogens is 522 g/mol. The number of aryl methyl sites for hydroxylation is 1. The Kier molecular flexibility index (Phi) is 8.17. The van der Waals surface area contributed by atoms with Crippen LogP contribution in [0.5, 0.6) is 5.75 Å². The molecule has 0 aliphatic carbocycles. The number of ether oxygens (including phenoxy) is 1. The van der Waals surface area contributed by atoms with Gasteiger partial charge in [-0.15, -0.1) is 0 Å². The summed E-state index contributed by atoms with van der Waals surface area (Å²) in [6.07, 6.45) is 7.02. The lowest BCUT2D eigenvalue weighted by atomic mass is 10.0. The number of nitrogens with zero attached hydrogens (tertiary/aromatic N) is 3. The van der Waals surface area contributed by atoms with Crippen LogP contribution in [0.25, 0.3) is 10.9 Å². The Bertz CT molecular complexity index is 1650. The van der Waals surface area contributed by atoms with Crippen LogP contribution >= 0.6 is 0 Å². The second-order valence-corrected chi connectivity index (χ2v) is 11.9. The van der Waals surface area contributed by atoms with Crippen LogP contribution in [0.4, 0.5) is 17.1 Å². The highest BCUT2D eigenvalue weighted by Gasteiger charge is 2.20. The number of rotatable bonds is 8. The highest BCUT2D eigenvalue weighted by atomic mass is 32.2. The van der Waals surface area contributed by atoms with E-state index in [0.29, 0.717) is 24.0 Å². The molecule has 1 fully saturated rings. The molecule has 0 atom stereocenters. The minimum atomic E-state index is -3.31.